The molecule has 0 atom stereocenters. The largest absolute Gasteiger partial charge is 0.494 e. The van der Waals surface area contributed by atoms with E-state index < -0.39 is 0 Å². The second-order valence-corrected chi connectivity index (χ2v) is 8.34. The number of aromatic nitrogens is 1. The lowest BCUT2D eigenvalue weighted by atomic mass is 10.1. The minimum Gasteiger partial charge on any atom is -0.494 e. The standard InChI is InChI=1S/C26H34N6O/c1-27-26(29-13-6-18-33-24-11-10-21-7-3-4-8-22(21)19-24)30-20-23-9-5-12-28-25(23)32-16-14-31(2)15-17-32/h3-5,7-12,19H,6,13-18,20H2,1-2H3,(H2,27,29,30). The average molecular weight is 447 g/mol. The molecule has 7 nitrogen and oxygen atoms in total. The molecule has 0 aliphatic carbocycles. The van der Waals surface area contributed by atoms with Gasteiger partial charge in [-0.05, 0) is 42.4 Å². The molecular weight excluding hydrogens is 412 g/mol. The first kappa shape index (κ1) is 22.9. The van der Waals surface area contributed by atoms with Crippen molar-refractivity contribution in [3.8, 4) is 5.75 Å². The maximum Gasteiger partial charge on any atom is 0.191 e. The molecule has 1 fully saturated rings. The van der Waals surface area contributed by atoms with Gasteiger partial charge in [-0.2, -0.15) is 0 Å². The van der Waals surface area contributed by atoms with Crippen LogP contribution < -0.4 is 20.3 Å². The molecule has 1 aliphatic heterocycles. The van der Waals surface area contributed by atoms with Gasteiger partial charge in [0.2, 0.25) is 0 Å². The highest BCUT2D eigenvalue weighted by molar-refractivity contribution is 5.83. The van der Waals surface area contributed by atoms with Crippen molar-refractivity contribution >= 4 is 22.5 Å². The van der Waals surface area contributed by atoms with Crippen LogP contribution in [0.2, 0.25) is 0 Å². The van der Waals surface area contributed by atoms with Gasteiger partial charge in [0.05, 0.1) is 6.61 Å². The van der Waals surface area contributed by atoms with Crippen LogP contribution in [-0.4, -0.2) is 69.3 Å². The number of aliphatic imine (C=N–C) groups is 1. The molecule has 1 aromatic heterocycles. The molecule has 1 aliphatic rings. The molecule has 0 saturated carbocycles. The minimum atomic E-state index is 0.651. The summed E-state index contributed by atoms with van der Waals surface area (Å²) in [5.74, 6) is 2.76. The van der Waals surface area contributed by atoms with Gasteiger partial charge in [0.25, 0.3) is 0 Å². The molecule has 7 heteroatoms. The van der Waals surface area contributed by atoms with Crippen LogP contribution in [0.25, 0.3) is 10.8 Å². The summed E-state index contributed by atoms with van der Waals surface area (Å²) in [6.07, 6.45) is 2.76. The summed E-state index contributed by atoms with van der Waals surface area (Å²) >= 11 is 0. The van der Waals surface area contributed by atoms with E-state index in [1.165, 1.54) is 16.3 Å². The molecule has 4 rings (SSSR count). The highest BCUT2D eigenvalue weighted by Crippen LogP contribution is 2.21. The number of hydrogen-bond donors (Lipinski definition) is 2. The number of guanidine groups is 1. The second kappa shape index (κ2) is 11.5. The van der Waals surface area contributed by atoms with Gasteiger partial charge in [0, 0.05) is 58.1 Å². The molecule has 0 radical (unpaired) electrons. The van der Waals surface area contributed by atoms with Crippen molar-refractivity contribution in [3.05, 3.63) is 66.4 Å². The number of hydrogen-bond acceptors (Lipinski definition) is 5. The molecule has 174 valence electrons. The highest BCUT2D eigenvalue weighted by Gasteiger charge is 2.17. The number of piperazine rings is 1. The molecule has 2 aromatic carbocycles. The third-order valence-electron chi connectivity index (χ3n) is 5.94. The Morgan fingerprint density at radius 1 is 1.00 bits per heavy atom. The maximum absolute atomic E-state index is 5.93. The van der Waals surface area contributed by atoms with E-state index in [0.717, 1.165) is 56.7 Å². The van der Waals surface area contributed by atoms with E-state index in [-0.39, 0.29) is 0 Å². The quantitative estimate of drug-likeness (QED) is 0.315. The van der Waals surface area contributed by atoms with E-state index in [2.05, 4.69) is 73.9 Å². The van der Waals surface area contributed by atoms with Crippen molar-refractivity contribution in [1.29, 1.82) is 0 Å². The van der Waals surface area contributed by atoms with Crippen molar-refractivity contribution in [2.75, 3.05) is 58.3 Å². The smallest absolute Gasteiger partial charge is 0.191 e. The Bertz CT molecular complexity index is 1060. The van der Waals surface area contributed by atoms with E-state index in [1.807, 2.05) is 24.4 Å². The van der Waals surface area contributed by atoms with E-state index in [4.69, 9.17) is 4.74 Å². The van der Waals surface area contributed by atoms with E-state index in [9.17, 15) is 0 Å². The molecule has 33 heavy (non-hydrogen) atoms. The molecule has 0 bridgehead atoms. The van der Waals surface area contributed by atoms with Gasteiger partial charge in [0.1, 0.15) is 11.6 Å². The molecule has 2 N–H and O–H groups in total. The average Bonchev–Trinajstić information content (AvgIpc) is 2.86. The van der Waals surface area contributed by atoms with Crippen molar-refractivity contribution in [3.63, 3.8) is 0 Å². The van der Waals surface area contributed by atoms with Gasteiger partial charge in [-0.3, -0.25) is 4.99 Å². The monoisotopic (exact) mass is 446 g/mol. The number of anilines is 1. The number of ether oxygens (including phenoxy) is 1. The fourth-order valence-electron chi connectivity index (χ4n) is 4.00. The first-order chi connectivity index (χ1) is 16.2. The summed E-state index contributed by atoms with van der Waals surface area (Å²) in [6, 6.07) is 18.7. The van der Waals surface area contributed by atoms with Gasteiger partial charge in [-0.15, -0.1) is 0 Å². The van der Waals surface area contributed by atoms with Crippen LogP contribution in [0.4, 0.5) is 5.82 Å². The lowest BCUT2D eigenvalue weighted by molar-refractivity contribution is 0.311. The molecule has 0 unspecified atom stereocenters. The fourth-order valence-corrected chi connectivity index (χ4v) is 4.00. The SMILES string of the molecule is CN=C(NCCCOc1ccc2ccccc2c1)NCc1cccnc1N1CCN(C)CC1. The maximum atomic E-state index is 5.93. The Balaban J connectivity index is 1.21. The van der Waals surface area contributed by atoms with Crippen LogP contribution in [0.1, 0.15) is 12.0 Å². The van der Waals surface area contributed by atoms with Crippen molar-refractivity contribution in [2.45, 2.75) is 13.0 Å². The summed E-state index contributed by atoms with van der Waals surface area (Å²) < 4.78 is 5.93. The predicted octanol–water partition coefficient (Wildman–Crippen LogP) is 3.12. The Labute approximate surface area is 196 Å². The summed E-state index contributed by atoms with van der Waals surface area (Å²) in [5.41, 5.74) is 1.18. The second-order valence-electron chi connectivity index (χ2n) is 8.34. The summed E-state index contributed by atoms with van der Waals surface area (Å²) in [7, 11) is 3.96. The van der Waals surface area contributed by atoms with Gasteiger partial charge < -0.3 is 25.2 Å². The van der Waals surface area contributed by atoms with Gasteiger partial charge >= 0.3 is 0 Å². The highest BCUT2D eigenvalue weighted by atomic mass is 16.5. The van der Waals surface area contributed by atoms with Crippen LogP contribution >= 0.6 is 0 Å². The third kappa shape index (κ3) is 6.35. The topological polar surface area (TPSA) is 65.0 Å². The Hall–Kier alpha value is -3.32. The number of pyridine rings is 1. The lowest BCUT2D eigenvalue weighted by Gasteiger charge is -2.34. The number of likely N-dealkylation sites (N-methyl/N-ethyl adjacent to an activating group) is 1. The van der Waals surface area contributed by atoms with E-state index in [0.29, 0.717) is 13.2 Å². The van der Waals surface area contributed by atoms with Crippen LogP contribution in [0.15, 0.2) is 65.8 Å². The van der Waals surface area contributed by atoms with Gasteiger partial charge in [-0.25, -0.2) is 4.98 Å². The number of fused-ring (bicyclic) bond motifs is 1. The summed E-state index contributed by atoms with van der Waals surface area (Å²) in [5, 5.41) is 9.23. The Morgan fingerprint density at radius 2 is 1.82 bits per heavy atom. The number of rotatable bonds is 8. The van der Waals surface area contributed by atoms with Crippen LogP contribution in [0.3, 0.4) is 0 Å². The van der Waals surface area contributed by atoms with E-state index in [1.54, 1.807) is 7.05 Å². The minimum absolute atomic E-state index is 0.651. The normalized spacial score (nSPS) is 15.0. The molecule has 3 aromatic rings. The van der Waals surface area contributed by atoms with Gasteiger partial charge in [0.15, 0.2) is 5.96 Å². The lowest BCUT2D eigenvalue weighted by Crippen LogP contribution is -2.45. The summed E-state index contributed by atoms with van der Waals surface area (Å²) in [4.78, 5) is 13.7. The first-order valence-corrected chi connectivity index (χ1v) is 11.7. The zero-order valence-corrected chi connectivity index (χ0v) is 19.6. The number of benzene rings is 2. The molecule has 2 heterocycles. The van der Waals surface area contributed by atoms with E-state index >= 15 is 0 Å². The van der Waals surface area contributed by atoms with Crippen LogP contribution in [0, 0.1) is 0 Å². The number of nitrogens with one attached hydrogen (secondary N) is 2. The molecule has 0 spiro atoms. The third-order valence-corrected chi connectivity index (χ3v) is 5.94. The van der Waals surface area contributed by atoms with Crippen LogP contribution in [0.5, 0.6) is 5.75 Å². The molecular formula is C26H34N6O. The van der Waals surface area contributed by atoms with Crippen molar-refractivity contribution in [1.82, 2.24) is 20.5 Å². The first-order valence-electron chi connectivity index (χ1n) is 11.7. The van der Waals surface area contributed by atoms with Crippen molar-refractivity contribution < 1.29 is 4.74 Å². The van der Waals surface area contributed by atoms with Gasteiger partial charge in [-0.1, -0.05) is 36.4 Å². The fraction of sp³-hybridized carbons (Fsp3) is 0.385. The number of nitrogens with zero attached hydrogens (tertiary/aromatic N) is 4. The molecule has 0 amide bonds. The van der Waals surface area contributed by atoms with Crippen molar-refractivity contribution in [2.24, 2.45) is 4.99 Å². The van der Waals surface area contributed by atoms with Crippen LogP contribution in [-0.2, 0) is 6.54 Å². The Kier molecular flexibility index (Phi) is 7.98. The zero-order chi connectivity index (χ0) is 22.9. The zero-order valence-electron chi connectivity index (χ0n) is 19.6. The predicted molar refractivity (Wildman–Crippen MR) is 136 cm³/mol. The molecule has 1 saturated heterocycles. The Morgan fingerprint density at radius 3 is 2.64 bits per heavy atom. The summed E-state index contributed by atoms with van der Waals surface area (Å²) in [6.45, 7) is 6.25.